The van der Waals surface area contributed by atoms with Gasteiger partial charge >= 0.3 is 0 Å². The van der Waals surface area contributed by atoms with Gasteiger partial charge in [-0.25, -0.2) is 0 Å². The van der Waals surface area contributed by atoms with Crippen LogP contribution in [0.5, 0.6) is 11.5 Å². The van der Waals surface area contributed by atoms with Crippen molar-refractivity contribution in [1.29, 1.82) is 0 Å². The van der Waals surface area contributed by atoms with Crippen LogP contribution in [0.25, 0.3) is 6.08 Å². The Bertz CT molecular complexity index is 641. The molecule has 3 nitrogen and oxygen atoms in total. The minimum atomic E-state index is -0.00651. The van der Waals surface area contributed by atoms with Gasteiger partial charge in [0.25, 0.3) is 0 Å². The molecule has 2 aromatic rings. The molecule has 0 aliphatic rings. The van der Waals surface area contributed by atoms with Crippen LogP contribution in [0, 0.1) is 6.92 Å². The summed E-state index contributed by atoms with van der Waals surface area (Å²) in [5.41, 5.74) is 0.813. The number of carbonyl (C=O) groups is 1. The molecular weight excluding hydrogens is 272 g/mol. The zero-order valence-electron chi connectivity index (χ0n) is 11.7. The van der Waals surface area contributed by atoms with Gasteiger partial charge in [0.2, 0.25) is 0 Å². The molecule has 0 saturated carbocycles. The number of carbonyl (C=O) groups excluding carboxylic acids is 1. The molecule has 0 bridgehead atoms. The number of rotatable bonds is 5. The van der Waals surface area contributed by atoms with Crippen LogP contribution in [0.1, 0.15) is 20.1 Å². The summed E-state index contributed by atoms with van der Waals surface area (Å²) in [7, 11) is 3.21. The van der Waals surface area contributed by atoms with Crippen molar-refractivity contribution in [3.63, 3.8) is 0 Å². The third-order valence-electron chi connectivity index (χ3n) is 2.83. The summed E-state index contributed by atoms with van der Waals surface area (Å²) in [6.07, 6.45) is 3.31. The minimum absolute atomic E-state index is 0.00651. The third kappa shape index (κ3) is 3.27. The molecule has 0 fully saturated rings. The lowest BCUT2D eigenvalue weighted by atomic mass is 10.1. The van der Waals surface area contributed by atoms with Crippen LogP contribution in [0.4, 0.5) is 0 Å². The number of ether oxygens (including phenoxy) is 2. The van der Waals surface area contributed by atoms with Gasteiger partial charge < -0.3 is 9.47 Å². The molecule has 1 aromatic carbocycles. The minimum Gasteiger partial charge on any atom is -0.497 e. The van der Waals surface area contributed by atoms with Crippen LogP contribution in [0.3, 0.4) is 0 Å². The molecule has 2 rings (SSSR count). The summed E-state index contributed by atoms with van der Waals surface area (Å²) in [4.78, 5) is 13.9. The molecule has 4 heteroatoms. The van der Waals surface area contributed by atoms with Crippen molar-refractivity contribution in [2.75, 3.05) is 14.2 Å². The molecule has 0 N–H and O–H groups in total. The number of hydrogen-bond donors (Lipinski definition) is 0. The highest BCUT2D eigenvalue weighted by atomic mass is 32.1. The van der Waals surface area contributed by atoms with E-state index in [9.17, 15) is 4.79 Å². The van der Waals surface area contributed by atoms with Gasteiger partial charge in [-0.2, -0.15) is 0 Å². The van der Waals surface area contributed by atoms with E-state index in [0.29, 0.717) is 5.75 Å². The predicted octanol–water partition coefficient (Wildman–Crippen LogP) is 3.97. The second-order valence-corrected chi connectivity index (χ2v) is 5.50. The fourth-order valence-electron chi connectivity index (χ4n) is 1.78. The lowest BCUT2D eigenvalue weighted by molar-refractivity contribution is 0.105. The largest absolute Gasteiger partial charge is 0.497 e. The van der Waals surface area contributed by atoms with E-state index in [4.69, 9.17) is 9.47 Å². The van der Waals surface area contributed by atoms with Crippen molar-refractivity contribution >= 4 is 23.2 Å². The van der Waals surface area contributed by atoms with Gasteiger partial charge in [0.15, 0.2) is 5.78 Å². The highest BCUT2D eigenvalue weighted by Gasteiger charge is 2.06. The number of hydrogen-bond acceptors (Lipinski definition) is 4. The van der Waals surface area contributed by atoms with Crippen molar-refractivity contribution in [3.05, 3.63) is 51.7 Å². The van der Waals surface area contributed by atoms with E-state index in [1.807, 2.05) is 37.3 Å². The molecule has 0 radical (unpaired) electrons. The van der Waals surface area contributed by atoms with Crippen molar-refractivity contribution in [2.45, 2.75) is 6.92 Å². The Morgan fingerprint density at radius 2 is 1.95 bits per heavy atom. The van der Waals surface area contributed by atoms with E-state index in [1.165, 1.54) is 11.3 Å². The average molecular weight is 288 g/mol. The molecule has 0 aliphatic heterocycles. The van der Waals surface area contributed by atoms with Crippen molar-refractivity contribution in [2.24, 2.45) is 0 Å². The maximum absolute atomic E-state index is 12.0. The van der Waals surface area contributed by atoms with Gasteiger partial charge in [-0.1, -0.05) is 0 Å². The summed E-state index contributed by atoms with van der Waals surface area (Å²) in [5, 5.41) is 0. The first-order valence-electron chi connectivity index (χ1n) is 6.15. The zero-order chi connectivity index (χ0) is 14.5. The molecule has 1 aromatic heterocycles. The first-order chi connectivity index (χ1) is 9.63. The first-order valence-corrected chi connectivity index (χ1v) is 6.96. The Morgan fingerprint density at radius 1 is 1.15 bits per heavy atom. The summed E-state index contributed by atoms with van der Waals surface area (Å²) in [6, 6.07) is 9.26. The predicted molar refractivity (Wildman–Crippen MR) is 82.0 cm³/mol. The van der Waals surface area contributed by atoms with Gasteiger partial charge in [-0.3, -0.25) is 4.79 Å². The number of thiophene rings is 1. The van der Waals surface area contributed by atoms with Crippen LogP contribution >= 0.6 is 11.3 Å². The third-order valence-corrected chi connectivity index (χ3v) is 3.85. The summed E-state index contributed by atoms with van der Waals surface area (Å²) >= 11 is 1.49. The Balaban J connectivity index is 2.24. The topological polar surface area (TPSA) is 35.5 Å². The molecule has 20 heavy (non-hydrogen) atoms. The molecule has 104 valence electrons. The molecule has 0 atom stereocenters. The standard InChI is InChI=1S/C16H16O3S/c1-11-4-9-16(20-11)14(17)7-5-12-10-13(18-2)6-8-15(12)19-3/h4-10H,1-3H3/b7-5+. The van der Waals surface area contributed by atoms with Crippen LogP contribution in [-0.2, 0) is 0 Å². The van der Waals surface area contributed by atoms with Gasteiger partial charge in [0.05, 0.1) is 19.1 Å². The second kappa shape index (κ2) is 6.39. The number of allylic oxidation sites excluding steroid dienone is 1. The molecule has 0 spiro atoms. The SMILES string of the molecule is COc1ccc(OC)c(/C=C/C(=O)c2ccc(C)s2)c1. The summed E-state index contributed by atoms with van der Waals surface area (Å²) < 4.78 is 10.4. The Hall–Kier alpha value is -2.07. The molecule has 0 saturated heterocycles. The van der Waals surface area contributed by atoms with Crippen LogP contribution in [0.15, 0.2) is 36.4 Å². The Labute approximate surface area is 122 Å². The van der Waals surface area contributed by atoms with Crippen LogP contribution < -0.4 is 9.47 Å². The fraction of sp³-hybridized carbons (Fsp3) is 0.188. The fourth-order valence-corrected chi connectivity index (χ4v) is 2.57. The highest BCUT2D eigenvalue weighted by molar-refractivity contribution is 7.14. The lowest BCUT2D eigenvalue weighted by Gasteiger charge is -2.06. The second-order valence-electron chi connectivity index (χ2n) is 4.22. The molecule has 1 heterocycles. The highest BCUT2D eigenvalue weighted by Crippen LogP contribution is 2.25. The quantitative estimate of drug-likeness (QED) is 0.617. The van der Waals surface area contributed by atoms with E-state index >= 15 is 0 Å². The van der Waals surface area contributed by atoms with Gasteiger partial charge in [-0.05, 0) is 49.4 Å². The van der Waals surface area contributed by atoms with Gasteiger partial charge in [0.1, 0.15) is 11.5 Å². The molecule has 0 unspecified atom stereocenters. The Kier molecular flexibility index (Phi) is 4.58. The maximum atomic E-state index is 12.0. The molecule has 0 aliphatic carbocycles. The number of benzene rings is 1. The zero-order valence-corrected chi connectivity index (χ0v) is 12.5. The van der Waals surface area contributed by atoms with Gasteiger partial charge in [0, 0.05) is 10.4 Å². The first kappa shape index (κ1) is 14.3. The van der Waals surface area contributed by atoms with E-state index in [0.717, 1.165) is 21.1 Å². The summed E-state index contributed by atoms with van der Waals surface area (Å²) in [6.45, 7) is 1.98. The average Bonchev–Trinajstić information content (AvgIpc) is 2.91. The number of ketones is 1. The molecular formula is C16H16O3S. The number of aryl methyl sites for hydroxylation is 1. The van der Waals surface area contributed by atoms with Gasteiger partial charge in [-0.15, -0.1) is 11.3 Å². The Morgan fingerprint density at radius 3 is 2.55 bits per heavy atom. The van der Waals surface area contributed by atoms with E-state index in [-0.39, 0.29) is 5.78 Å². The lowest BCUT2D eigenvalue weighted by Crippen LogP contribution is -1.92. The van der Waals surface area contributed by atoms with Crippen molar-refractivity contribution in [3.8, 4) is 11.5 Å². The van der Waals surface area contributed by atoms with Crippen LogP contribution in [0.2, 0.25) is 0 Å². The van der Waals surface area contributed by atoms with E-state index < -0.39 is 0 Å². The monoisotopic (exact) mass is 288 g/mol. The smallest absolute Gasteiger partial charge is 0.195 e. The van der Waals surface area contributed by atoms with Crippen molar-refractivity contribution in [1.82, 2.24) is 0 Å². The van der Waals surface area contributed by atoms with Crippen LogP contribution in [-0.4, -0.2) is 20.0 Å². The van der Waals surface area contributed by atoms with E-state index in [1.54, 1.807) is 26.4 Å². The van der Waals surface area contributed by atoms with Crippen molar-refractivity contribution < 1.29 is 14.3 Å². The molecule has 0 amide bonds. The normalized spacial score (nSPS) is 10.8. The maximum Gasteiger partial charge on any atom is 0.195 e. The summed E-state index contributed by atoms with van der Waals surface area (Å²) in [5.74, 6) is 1.43. The van der Waals surface area contributed by atoms with E-state index in [2.05, 4.69) is 0 Å². The number of methoxy groups -OCH3 is 2.